The number of aryl methyl sites for hydroxylation is 2. The van der Waals surface area contributed by atoms with Crippen molar-refractivity contribution in [3.63, 3.8) is 0 Å². The van der Waals surface area contributed by atoms with Crippen LogP contribution in [0.3, 0.4) is 0 Å². The Labute approximate surface area is 154 Å². The van der Waals surface area contributed by atoms with E-state index in [9.17, 15) is 0 Å². The summed E-state index contributed by atoms with van der Waals surface area (Å²) in [5.41, 5.74) is 3.34. The van der Waals surface area contributed by atoms with Crippen LogP contribution in [0.1, 0.15) is 37.4 Å². The summed E-state index contributed by atoms with van der Waals surface area (Å²) >= 11 is 0. The molecule has 136 valence electrons. The Morgan fingerprint density at radius 1 is 1.35 bits per heavy atom. The van der Waals surface area contributed by atoms with Gasteiger partial charge in [0.2, 0.25) is 0 Å². The molecule has 1 N–H and O–H groups in total. The van der Waals surface area contributed by atoms with Crippen LogP contribution in [0.2, 0.25) is 0 Å². The first kappa shape index (κ1) is 17.0. The smallest absolute Gasteiger partial charge is 0.157 e. The molecule has 0 aliphatic carbocycles. The van der Waals surface area contributed by atoms with Crippen molar-refractivity contribution in [3.05, 3.63) is 41.9 Å². The van der Waals surface area contributed by atoms with Gasteiger partial charge in [-0.1, -0.05) is 12.1 Å². The van der Waals surface area contributed by atoms with Gasteiger partial charge in [0.05, 0.1) is 24.5 Å². The van der Waals surface area contributed by atoms with E-state index < -0.39 is 0 Å². The predicted octanol–water partition coefficient (Wildman–Crippen LogP) is 3.74. The molecule has 3 heterocycles. The molecular formula is C20H25N5O. The molecule has 0 saturated carbocycles. The van der Waals surface area contributed by atoms with E-state index in [4.69, 9.17) is 4.74 Å². The van der Waals surface area contributed by atoms with Crippen LogP contribution in [0.25, 0.3) is 0 Å². The van der Waals surface area contributed by atoms with Gasteiger partial charge in [-0.2, -0.15) is 0 Å². The molecule has 2 aromatic rings. The van der Waals surface area contributed by atoms with Gasteiger partial charge >= 0.3 is 0 Å². The zero-order valence-corrected chi connectivity index (χ0v) is 15.2. The molecule has 26 heavy (non-hydrogen) atoms. The maximum Gasteiger partial charge on any atom is 0.157 e. The van der Waals surface area contributed by atoms with Gasteiger partial charge in [-0.05, 0) is 50.3 Å². The summed E-state index contributed by atoms with van der Waals surface area (Å²) in [7, 11) is 0. The normalized spacial score (nSPS) is 19.1. The van der Waals surface area contributed by atoms with Crippen molar-refractivity contribution < 1.29 is 4.74 Å². The lowest BCUT2D eigenvalue weighted by Gasteiger charge is -2.11. The van der Waals surface area contributed by atoms with E-state index in [1.807, 2.05) is 10.9 Å². The SMILES string of the molecule is CCn1cnc2c1N=CN=C(Nc1cccc(CCC3CCCO3)c1)C2. The quantitative estimate of drug-likeness (QED) is 0.892. The molecule has 1 aromatic carbocycles. The largest absolute Gasteiger partial charge is 0.378 e. The third-order valence-corrected chi connectivity index (χ3v) is 4.95. The average molecular weight is 351 g/mol. The minimum atomic E-state index is 0.432. The van der Waals surface area contributed by atoms with Gasteiger partial charge in [0.1, 0.15) is 12.2 Å². The van der Waals surface area contributed by atoms with Crippen LogP contribution >= 0.6 is 0 Å². The molecule has 0 radical (unpaired) electrons. The number of imidazole rings is 1. The average Bonchev–Trinajstić information content (AvgIpc) is 3.26. The molecule has 6 nitrogen and oxygen atoms in total. The van der Waals surface area contributed by atoms with Gasteiger partial charge in [0.25, 0.3) is 0 Å². The van der Waals surface area contributed by atoms with Gasteiger partial charge in [0, 0.05) is 18.8 Å². The van der Waals surface area contributed by atoms with E-state index in [2.05, 4.69) is 51.5 Å². The Bertz CT molecular complexity index is 817. The third kappa shape index (κ3) is 3.85. The second-order valence-corrected chi connectivity index (χ2v) is 6.80. The first-order valence-electron chi connectivity index (χ1n) is 9.42. The molecule has 1 aromatic heterocycles. The van der Waals surface area contributed by atoms with Crippen LogP contribution in [0.15, 0.2) is 40.6 Å². The maximum absolute atomic E-state index is 5.73. The number of hydrogen-bond acceptors (Lipinski definition) is 5. The number of amidine groups is 1. The molecule has 2 aliphatic heterocycles. The van der Waals surface area contributed by atoms with E-state index in [0.717, 1.165) is 49.0 Å². The highest BCUT2D eigenvalue weighted by Gasteiger charge is 2.16. The second kappa shape index (κ2) is 7.83. The number of hydrogen-bond donors (Lipinski definition) is 1. The Morgan fingerprint density at radius 3 is 3.15 bits per heavy atom. The van der Waals surface area contributed by atoms with Crippen molar-refractivity contribution in [1.82, 2.24) is 9.55 Å². The zero-order valence-electron chi connectivity index (χ0n) is 15.2. The van der Waals surface area contributed by atoms with Crippen LogP contribution in [-0.2, 0) is 24.1 Å². The van der Waals surface area contributed by atoms with Crippen LogP contribution in [0, 0.1) is 0 Å². The number of ether oxygens (including phenoxy) is 1. The Hall–Kier alpha value is -2.47. The number of nitrogens with zero attached hydrogens (tertiary/aromatic N) is 4. The van der Waals surface area contributed by atoms with Crippen molar-refractivity contribution in [2.24, 2.45) is 9.98 Å². The Morgan fingerprint density at radius 2 is 2.31 bits per heavy atom. The molecule has 4 rings (SSSR count). The van der Waals surface area contributed by atoms with Crippen molar-refractivity contribution in [2.45, 2.75) is 51.7 Å². The minimum Gasteiger partial charge on any atom is -0.378 e. The van der Waals surface area contributed by atoms with Gasteiger partial charge in [0.15, 0.2) is 5.82 Å². The zero-order chi connectivity index (χ0) is 17.8. The fourth-order valence-electron chi connectivity index (χ4n) is 3.53. The lowest BCUT2D eigenvalue weighted by molar-refractivity contribution is 0.104. The fraction of sp³-hybridized carbons (Fsp3) is 0.450. The predicted molar refractivity (Wildman–Crippen MR) is 105 cm³/mol. The molecule has 0 spiro atoms. The molecule has 0 amide bonds. The molecule has 6 heteroatoms. The number of benzene rings is 1. The third-order valence-electron chi connectivity index (χ3n) is 4.95. The van der Waals surface area contributed by atoms with E-state index in [0.29, 0.717) is 12.5 Å². The van der Waals surface area contributed by atoms with E-state index >= 15 is 0 Å². The molecule has 1 atom stereocenters. The summed E-state index contributed by atoms with van der Waals surface area (Å²) in [5, 5.41) is 3.44. The van der Waals surface area contributed by atoms with Crippen molar-refractivity contribution in [3.8, 4) is 0 Å². The monoisotopic (exact) mass is 351 g/mol. The highest BCUT2D eigenvalue weighted by atomic mass is 16.5. The molecule has 0 bridgehead atoms. The summed E-state index contributed by atoms with van der Waals surface area (Å²) in [5.74, 6) is 1.77. The summed E-state index contributed by atoms with van der Waals surface area (Å²) in [4.78, 5) is 13.4. The van der Waals surface area contributed by atoms with E-state index in [1.165, 1.54) is 18.4 Å². The molecule has 2 aliphatic rings. The van der Waals surface area contributed by atoms with Gasteiger partial charge in [-0.15, -0.1) is 0 Å². The fourth-order valence-corrected chi connectivity index (χ4v) is 3.53. The summed E-state index contributed by atoms with van der Waals surface area (Å²) in [6, 6.07) is 8.55. The maximum atomic E-state index is 5.73. The van der Waals surface area contributed by atoms with Crippen LogP contribution in [0.4, 0.5) is 11.5 Å². The van der Waals surface area contributed by atoms with Crippen LogP contribution in [-0.4, -0.2) is 34.4 Å². The first-order chi connectivity index (χ1) is 12.8. The lowest BCUT2D eigenvalue weighted by atomic mass is 10.0. The first-order valence-corrected chi connectivity index (χ1v) is 9.42. The number of aromatic nitrogens is 2. The lowest BCUT2D eigenvalue weighted by Crippen LogP contribution is -2.15. The van der Waals surface area contributed by atoms with E-state index in [-0.39, 0.29) is 0 Å². The van der Waals surface area contributed by atoms with Gasteiger partial charge < -0.3 is 14.6 Å². The van der Waals surface area contributed by atoms with Crippen LogP contribution in [0.5, 0.6) is 0 Å². The van der Waals surface area contributed by atoms with E-state index in [1.54, 1.807) is 6.34 Å². The summed E-state index contributed by atoms with van der Waals surface area (Å²) in [6.45, 7) is 3.86. The number of anilines is 1. The summed E-state index contributed by atoms with van der Waals surface area (Å²) < 4.78 is 7.76. The van der Waals surface area contributed by atoms with Crippen molar-refractivity contribution in [2.75, 3.05) is 11.9 Å². The second-order valence-electron chi connectivity index (χ2n) is 6.80. The molecule has 1 fully saturated rings. The van der Waals surface area contributed by atoms with Crippen molar-refractivity contribution >= 4 is 23.7 Å². The minimum absolute atomic E-state index is 0.432. The molecule has 1 saturated heterocycles. The van der Waals surface area contributed by atoms with Gasteiger partial charge in [-0.3, -0.25) is 0 Å². The van der Waals surface area contributed by atoms with Crippen molar-refractivity contribution in [1.29, 1.82) is 0 Å². The highest BCUT2D eigenvalue weighted by molar-refractivity contribution is 6.01. The standard InChI is InChI=1S/C20H25N5O/c1-2-25-14-23-18-12-19(21-13-22-20(18)25)24-16-6-3-5-15(11-16)8-9-17-7-4-10-26-17/h3,5-6,11,13-14,17H,2,4,7-10,12H2,1H3,(H,21,22,24). The Kier molecular flexibility index (Phi) is 5.11. The topological polar surface area (TPSA) is 63.8 Å². The number of aliphatic imine (C=N–C) groups is 2. The molecule has 1 unspecified atom stereocenters. The Balaban J connectivity index is 1.41. The summed E-state index contributed by atoms with van der Waals surface area (Å²) in [6.07, 6.45) is 9.07. The molecular weight excluding hydrogens is 326 g/mol. The number of rotatable bonds is 5. The highest BCUT2D eigenvalue weighted by Crippen LogP contribution is 2.22. The number of nitrogens with one attached hydrogen (secondary N) is 1. The van der Waals surface area contributed by atoms with Crippen LogP contribution < -0.4 is 5.32 Å². The van der Waals surface area contributed by atoms with Gasteiger partial charge in [-0.25, -0.2) is 15.0 Å². The number of fused-ring (bicyclic) bond motifs is 1.